The number of nitrogens with zero attached hydrogens (tertiary/aromatic N) is 2. The summed E-state index contributed by atoms with van der Waals surface area (Å²) >= 11 is 5.96. The summed E-state index contributed by atoms with van der Waals surface area (Å²) in [6.45, 7) is 4.27. The van der Waals surface area contributed by atoms with Crippen molar-refractivity contribution in [2.24, 2.45) is 7.05 Å². The highest BCUT2D eigenvalue weighted by Gasteiger charge is 2.47. The summed E-state index contributed by atoms with van der Waals surface area (Å²) in [7, 11) is 1.81. The molecule has 0 bridgehead atoms. The van der Waals surface area contributed by atoms with Gasteiger partial charge in [0.25, 0.3) is 0 Å². The molecule has 0 radical (unpaired) electrons. The topological polar surface area (TPSA) is 44.1 Å². The SMILES string of the molecule is Cc1cc(C)cc(C2(C(=O)OCc3ncc(Cl)n3C)CCC2)c1. The molecule has 0 unspecified atom stereocenters. The minimum absolute atomic E-state index is 0.147. The molecule has 1 heterocycles. The van der Waals surface area contributed by atoms with Gasteiger partial charge in [0.2, 0.25) is 0 Å². The average Bonchev–Trinajstić information content (AvgIpc) is 2.74. The van der Waals surface area contributed by atoms with Crippen LogP contribution in [0.5, 0.6) is 0 Å². The van der Waals surface area contributed by atoms with Crippen LogP contribution in [-0.4, -0.2) is 15.5 Å². The number of benzene rings is 1. The summed E-state index contributed by atoms with van der Waals surface area (Å²) in [6.07, 6.45) is 4.30. The molecule has 1 aromatic heterocycles. The van der Waals surface area contributed by atoms with Crippen molar-refractivity contribution in [3.05, 3.63) is 52.1 Å². The molecule has 122 valence electrons. The summed E-state index contributed by atoms with van der Waals surface area (Å²) in [5, 5.41) is 0.531. The van der Waals surface area contributed by atoms with E-state index in [4.69, 9.17) is 16.3 Å². The molecule has 0 amide bonds. The van der Waals surface area contributed by atoms with Crippen LogP contribution in [0.25, 0.3) is 0 Å². The van der Waals surface area contributed by atoms with E-state index in [1.54, 1.807) is 10.8 Å². The first-order valence-electron chi connectivity index (χ1n) is 7.84. The maximum Gasteiger partial charge on any atom is 0.317 e. The van der Waals surface area contributed by atoms with Gasteiger partial charge in [0.1, 0.15) is 17.6 Å². The van der Waals surface area contributed by atoms with Gasteiger partial charge >= 0.3 is 5.97 Å². The summed E-state index contributed by atoms with van der Waals surface area (Å²) in [4.78, 5) is 16.9. The lowest BCUT2D eigenvalue weighted by Gasteiger charge is -2.40. The smallest absolute Gasteiger partial charge is 0.317 e. The zero-order valence-electron chi connectivity index (χ0n) is 13.7. The number of imidazole rings is 1. The number of carbonyl (C=O) groups excluding carboxylic acids is 1. The molecule has 1 aliphatic rings. The van der Waals surface area contributed by atoms with Crippen molar-refractivity contribution >= 4 is 17.6 Å². The van der Waals surface area contributed by atoms with Crippen molar-refractivity contribution in [1.29, 1.82) is 0 Å². The van der Waals surface area contributed by atoms with Crippen LogP contribution in [0.3, 0.4) is 0 Å². The Morgan fingerprint density at radius 3 is 2.43 bits per heavy atom. The first-order valence-corrected chi connectivity index (χ1v) is 8.22. The maximum absolute atomic E-state index is 12.8. The third-order valence-electron chi connectivity index (χ3n) is 4.73. The van der Waals surface area contributed by atoms with E-state index in [0.717, 1.165) is 24.8 Å². The number of ether oxygens (including phenoxy) is 1. The van der Waals surface area contributed by atoms with Gasteiger partial charge in [-0.2, -0.15) is 0 Å². The molecule has 1 fully saturated rings. The Morgan fingerprint density at radius 1 is 1.30 bits per heavy atom. The highest BCUT2D eigenvalue weighted by molar-refractivity contribution is 6.29. The van der Waals surface area contributed by atoms with Gasteiger partial charge in [0, 0.05) is 7.05 Å². The number of aromatic nitrogens is 2. The number of halogens is 1. The van der Waals surface area contributed by atoms with Gasteiger partial charge in [-0.05, 0) is 32.3 Å². The Bertz CT molecular complexity index is 727. The molecule has 0 N–H and O–H groups in total. The predicted molar refractivity (Wildman–Crippen MR) is 89.5 cm³/mol. The predicted octanol–water partition coefficient (Wildman–Crippen LogP) is 3.86. The molecule has 2 aromatic rings. The minimum atomic E-state index is -0.494. The Hall–Kier alpha value is -1.81. The Morgan fingerprint density at radius 2 is 1.96 bits per heavy atom. The molecule has 23 heavy (non-hydrogen) atoms. The van der Waals surface area contributed by atoms with Crippen LogP contribution in [0.1, 0.15) is 41.8 Å². The lowest BCUT2D eigenvalue weighted by molar-refractivity contribution is -0.156. The number of esters is 1. The number of hydrogen-bond donors (Lipinski definition) is 0. The first kappa shape index (κ1) is 16.1. The summed E-state index contributed by atoms with van der Waals surface area (Å²) < 4.78 is 7.30. The molecular weight excluding hydrogens is 312 g/mol. The van der Waals surface area contributed by atoms with Crippen LogP contribution in [0.15, 0.2) is 24.4 Å². The average molecular weight is 333 g/mol. The third-order valence-corrected chi connectivity index (χ3v) is 5.08. The molecule has 5 heteroatoms. The highest BCUT2D eigenvalue weighted by Crippen LogP contribution is 2.45. The second kappa shape index (κ2) is 6.00. The number of hydrogen-bond acceptors (Lipinski definition) is 3. The van der Waals surface area contributed by atoms with Crippen molar-refractivity contribution in [2.75, 3.05) is 0 Å². The fourth-order valence-electron chi connectivity index (χ4n) is 3.22. The molecule has 0 spiro atoms. The van der Waals surface area contributed by atoms with Crippen molar-refractivity contribution in [1.82, 2.24) is 9.55 Å². The molecule has 1 aromatic carbocycles. The monoisotopic (exact) mass is 332 g/mol. The van der Waals surface area contributed by atoms with Gasteiger partial charge in [-0.25, -0.2) is 4.98 Å². The Kier molecular flexibility index (Phi) is 4.19. The molecule has 1 aliphatic carbocycles. The van der Waals surface area contributed by atoms with E-state index in [1.165, 1.54) is 11.1 Å². The van der Waals surface area contributed by atoms with Gasteiger partial charge in [0.15, 0.2) is 0 Å². The van der Waals surface area contributed by atoms with Crippen LogP contribution in [-0.2, 0) is 28.6 Å². The molecule has 1 saturated carbocycles. The van der Waals surface area contributed by atoms with Gasteiger partial charge in [0.05, 0.1) is 11.6 Å². The van der Waals surface area contributed by atoms with E-state index in [-0.39, 0.29) is 12.6 Å². The van der Waals surface area contributed by atoms with E-state index in [1.807, 2.05) is 7.05 Å². The van der Waals surface area contributed by atoms with Crippen LogP contribution in [0, 0.1) is 13.8 Å². The molecular formula is C18H21ClN2O2. The number of aryl methyl sites for hydroxylation is 2. The molecule has 0 saturated heterocycles. The molecule has 0 aliphatic heterocycles. The number of rotatable bonds is 4. The summed E-state index contributed by atoms with van der Waals surface area (Å²) in [5.74, 6) is 0.492. The van der Waals surface area contributed by atoms with Gasteiger partial charge < -0.3 is 9.30 Å². The largest absolute Gasteiger partial charge is 0.457 e. The molecule has 4 nitrogen and oxygen atoms in total. The van der Waals surface area contributed by atoms with E-state index in [9.17, 15) is 4.79 Å². The van der Waals surface area contributed by atoms with Crippen LogP contribution >= 0.6 is 11.6 Å². The zero-order valence-corrected chi connectivity index (χ0v) is 14.5. The van der Waals surface area contributed by atoms with E-state index < -0.39 is 5.41 Å². The fourth-order valence-corrected chi connectivity index (χ4v) is 3.36. The van der Waals surface area contributed by atoms with Crippen molar-refractivity contribution in [3.63, 3.8) is 0 Å². The highest BCUT2D eigenvalue weighted by atomic mass is 35.5. The fraction of sp³-hybridized carbons (Fsp3) is 0.444. The van der Waals surface area contributed by atoms with Crippen molar-refractivity contribution in [2.45, 2.75) is 45.1 Å². The van der Waals surface area contributed by atoms with Gasteiger partial charge in [-0.15, -0.1) is 0 Å². The van der Waals surface area contributed by atoms with Crippen LogP contribution in [0.2, 0.25) is 5.15 Å². The second-order valence-electron chi connectivity index (χ2n) is 6.44. The third kappa shape index (κ3) is 2.88. The van der Waals surface area contributed by atoms with E-state index in [0.29, 0.717) is 11.0 Å². The summed E-state index contributed by atoms with van der Waals surface area (Å²) in [6, 6.07) is 6.33. The molecule has 3 rings (SSSR count). The lowest BCUT2D eigenvalue weighted by atomic mass is 9.64. The van der Waals surface area contributed by atoms with Gasteiger partial charge in [-0.1, -0.05) is 47.3 Å². The lowest BCUT2D eigenvalue weighted by Crippen LogP contribution is -2.43. The van der Waals surface area contributed by atoms with Crippen LogP contribution in [0.4, 0.5) is 0 Å². The van der Waals surface area contributed by atoms with E-state index in [2.05, 4.69) is 37.0 Å². The Labute approximate surface area is 141 Å². The Balaban J connectivity index is 1.80. The normalized spacial score (nSPS) is 16.0. The number of carbonyl (C=O) groups is 1. The van der Waals surface area contributed by atoms with E-state index >= 15 is 0 Å². The van der Waals surface area contributed by atoms with Gasteiger partial charge in [-0.3, -0.25) is 4.79 Å². The second-order valence-corrected chi connectivity index (χ2v) is 6.83. The zero-order chi connectivity index (χ0) is 16.6. The summed E-state index contributed by atoms with van der Waals surface area (Å²) in [5.41, 5.74) is 2.93. The first-order chi connectivity index (χ1) is 10.9. The molecule has 0 atom stereocenters. The van der Waals surface area contributed by atoms with Crippen LogP contribution < -0.4 is 0 Å². The van der Waals surface area contributed by atoms with Crippen molar-refractivity contribution < 1.29 is 9.53 Å². The quantitative estimate of drug-likeness (QED) is 0.799. The standard InChI is InChI=1S/C18H21ClN2O2/c1-12-7-13(2)9-14(8-12)18(5-4-6-18)17(22)23-11-16-20-10-15(19)21(16)3/h7-10H,4-6,11H2,1-3H3. The minimum Gasteiger partial charge on any atom is -0.457 e. The maximum atomic E-state index is 12.8. The van der Waals surface area contributed by atoms with Crippen molar-refractivity contribution in [3.8, 4) is 0 Å².